The van der Waals surface area contributed by atoms with E-state index in [0.717, 1.165) is 29.0 Å². The van der Waals surface area contributed by atoms with Crippen LogP contribution in [0, 0.1) is 11.6 Å². The number of esters is 1. The number of carbonyl (C=O) groups excluding carboxylic acids is 2. The van der Waals surface area contributed by atoms with Gasteiger partial charge in [-0.2, -0.15) is 4.99 Å². The van der Waals surface area contributed by atoms with Crippen LogP contribution < -0.4 is 4.80 Å². The van der Waals surface area contributed by atoms with E-state index in [-0.39, 0.29) is 4.80 Å². The molecule has 1 heterocycles. The number of nitrogens with zero attached hydrogens (tertiary/aromatic N) is 2. The number of ether oxygens (including phenoxy) is 1. The molecule has 0 bridgehead atoms. The molecular weight excluding hydrogens is 362 g/mol. The number of halogens is 2. The van der Waals surface area contributed by atoms with Gasteiger partial charge in [-0.3, -0.25) is 4.79 Å². The Labute approximate surface area is 151 Å². The fourth-order valence-corrected chi connectivity index (χ4v) is 3.69. The Morgan fingerprint density at radius 1 is 1.19 bits per heavy atom. The van der Waals surface area contributed by atoms with E-state index in [4.69, 9.17) is 4.74 Å². The Bertz CT molecular complexity index is 1070. The number of carbonyl (C=O) groups is 2. The Kier molecular flexibility index (Phi) is 4.94. The third-order valence-corrected chi connectivity index (χ3v) is 4.84. The van der Waals surface area contributed by atoms with Gasteiger partial charge in [0.15, 0.2) is 4.80 Å². The van der Waals surface area contributed by atoms with Crippen molar-refractivity contribution in [1.82, 2.24) is 4.57 Å². The fraction of sp³-hybridized carbons (Fsp3) is 0.167. The molecule has 0 unspecified atom stereocenters. The highest BCUT2D eigenvalue weighted by Gasteiger charge is 2.17. The molecule has 0 fully saturated rings. The highest BCUT2D eigenvalue weighted by Crippen LogP contribution is 2.20. The van der Waals surface area contributed by atoms with Crippen molar-refractivity contribution in [1.29, 1.82) is 0 Å². The van der Waals surface area contributed by atoms with Gasteiger partial charge in [-0.05, 0) is 37.3 Å². The number of aryl methyl sites for hydroxylation is 1. The van der Waals surface area contributed by atoms with Crippen LogP contribution in [0.1, 0.15) is 27.6 Å². The molecule has 2 aromatic carbocycles. The highest BCUT2D eigenvalue weighted by atomic mass is 32.1. The first-order chi connectivity index (χ1) is 12.5. The maximum absolute atomic E-state index is 13.8. The molecular formula is C18H14F2N2O3S. The van der Waals surface area contributed by atoms with Gasteiger partial charge in [0.05, 0.1) is 22.9 Å². The topological polar surface area (TPSA) is 60.7 Å². The fourth-order valence-electron chi connectivity index (χ4n) is 2.55. The van der Waals surface area contributed by atoms with Gasteiger partial charge in [0, 0.05) is 6.54 Å². The number of methoxy groups -OCH3 is 1. The summed E-state index contributed by atoms with van der Waals surface area (Å²) in [5.74, 6) is -3.40. The number of amides is 1. The van der Waals surface area contributed by atoms with Gasteiger partial charge >= 0.3 is 5.97 Å². The molecule has 0 saturated heterocycles. The summed E-state index contributed by atoms with van der Waals surface area (Å²) in [4.78, 5) is 28.2. The maximum atomic E-state index is 13.8. The van der Waals surface area contributed by atoms with Crippen LogP contribution in [0.15, 0.2) is 41.4 Å². The van der Waals surface area contributed by atoms with Gasteiger partial charge < -0.3 is 9.30 Å². The summed E-state index contributed by atoms with van der Waals surface area (Å²) >= 11 is 1.15. The predicted molar refractivity (Wildman–Crippen MR) is 93.1 cm³/mol. The van der Waals surface area contributed by atoms with E-state index in [9.17, 15) is 18.4 Å². The first-order valence-corrected chi connectivity index (χ1v) is 8.52. The molecule has 5 nitrogen and oxygen atoms in total. The molecule has 3 rings (SSSR count). The SMILES string of the molecule is CCn1c(=NC(=O)c2c(F)cccc2F)sc2cc(C(=O)OC)ccc21. The zero-order chi connectivity index (χ0) is 18.8. The summed E-state index contributed by atoms with van der Waals surface area (Å²) in [6.45, 7) is 2.34. The van der Waals surface area contributed by atoms with Crippen molar-refractivity contribution in [3.05, 3.63) is 64.0 Å². The third kappa shape index (κ3) is 3.15. The van der Waals surface area contributed by atoms with Crippen molar-refractivity contribution in [2.45, 2.75) is 13.5 Å². The summed E-state index contributed by atoms with van der Waals surface area (Å²) in [6, 6.07) is 8.15. The number of hydrogen-bond donors (Lipinski definition) is 0. The molecule has 0 radical (unpaired) electrons. The minimum Gasteiger partial charge on any atom is -0.465 e. The number of rotatable bonds is 3. The number of hydrogen-bond acceptors (Lipinski definition) is 4. The van der Waals surface area contributed by atoms with Crippen LogP contribution in [0.5, 0.6) is 0 Å². The minimum absolute atomic E-state index is 0.289. The van der Waals surface area contributed by atoms with Crippen LogP contribution >= 0.6 is 11.3 Å². The van der Waals surface area contributed by atoms with Crippen molar-refractivity contribution >= 4 is 33.4 Å². The summed E-state index contributed by atoms with van der Waals surface area (Å²) < 4.78 is 34.7. The lowest BCUT2D eigenvalue weighted by molar-refractivity contribution is 0.0600. The molecule has 1 aromatic heterocycles. The van der Waals surface area contributed by atoms with Crippen LogP contribution in [0.2, 0.25) is 0 Å². The van der Waals surface area contributed by atoms with Gasteiger partial charge in [0.25, 0.3) is 5.91 Å². The monoisotopic (exact) mass is 376 g/mol. The van der Waals surface area contributed by atoms with E-state index in [1.54, 1.807) is 22.8 Å². The average molecular weight is 376 g/mol. The molecule has 134 valence electrons. The zero-order valence-corrected chi connectivity index (χ0v) is 14.8. The average Bonchev–Trinajstić information content (AvgIpc) is 2.96. The smallest absolute Gasteiger partial charge is 0.337 e. The van der Waals surface area contributed by atoms with E-state index in [0.29, 0.717) is 16.8 Å². The molecule has 0 atom stereocenters. The van der Waals surface area contributed by atoms with Crippen molar-refractivity contribution in [3.8, 4) is 0 Å². The molecule has 0 aliphatic heterocycles. The second-order valence-corrected chi connectivity index (χ2v) is 6.33. The predicted octanol–water partition coefficient (Wildman–Crippen LogP) is 3.53. The first-order valence-electron chi connectivity index (χ1n) is 7.71. The van der Waals surface area contributed by atoms with Crippen molar-refractivity contribution in [2.24, 2.45) is 4.99 Å². The van der Waals surface area contributed by atoms with Gasteiger partial charge in [-0.1, -0.05) is 17.4 Å². The lowest BCUT2D eigenvalue weighted by Gasteiger charge is -2.02. The lowest BCUT2D eigenvalue weighted by Crippen LogP contribution is -2.17. The molecule has 1 amide bonds. The number of fused-ring (bicyclic) bond motifs is 1. The van der Waals surface area contributed by atoms with Crippen LogP contribution in [-0.4, -0.2) is 23.6 Å². The highest BCUT2D eigenvalue weighted by molar-refractivity contribution is 7.16. The van der Waals surface area contributed by atoms with Crippen LogP contribution in [0.25, 0.3) is 10.2 Å². The Hall–Kier alpha value is -2.87. The van der Waals surface area contributed by atoms with Gasteiger partial charge in [-0.15, -0.1) is 0 Å². The van der Waals surface area contributed by atoms with E-state index < -0.39 is 29.1 Å². The van der Waals surface area contributed by atoms with Gasteiger partial charge in [0.1, 0.15) is 17.2 Å². The Balaban J connectivity index is 2.16. The van der Waals surface area contributed by atoms with E-state index in [2.05, 4.69) is 4.99 Å². The van der Waals surface area contributed by atoms with Crippen LogP contribution in [0.3, 0.4) is 0 Å². The second kappa shape index (κ2) is 7.17. The molecule has 0 aliphatic rings. The Morgan fingerprint density at radius 2 is 1.88 bits per heavy atom. The van der Waals surface area contributed by atoms with Crippen molar-refractivity contribution in [3.63, 3.8) is 0 Å². The number of aromatic nitrogens is 1. The maximum Gasteiger partial charge on any atom is 0.337 e. The van der Waals surface area contributed by atoms with Crippen molar-refractivity contribution in [2.75, 3.05) is 7.11 Å². The third-order valence-electron chi connectivity index (χ3n) is 3.79. The first kappa shape index (κ1) is 17.9. The summed E-state index contributed by atoms with van der Waals surface area (Å²) in [5.41, 5.74) is 0.427. The van der Waals surface area contributed by atoms with Crippen LogP contribution in [0.4, 0.5) is 8.78 Å². The summed E-state index contributed by atoms with van der Waals surface area (Å²) in [5, 5.41) is 0. The standard InChI is InChI=1S/C18H14F2N2O3S/c1-3-22-13-8-7-10(17(24)25-2)9-14(13)26-18(22)21-16(23)15-11(19)5-4-6-12(15)20/h4-9H,3H2,1-2H3. The van der Waals surface area contributed by atoms with E-state index in [1.165, 1.54) is 13.2 Å². The molecule has 26 heavy (non-hydrogen) atoms. The van der Waals surface area contributed by atoms with Gasteiger partial charge in [-0.25, -0.2) is 13.6 Å². The molecule has 0 aliphatic carbocycles. The van der Waals surface area contributed by atoms with Crippen molar-refractivity contribution < 1.29 is 23.1 Å². The van der Waals surface area contributed by atoms with Gasteiger partial charge in [0.2, 0.25) is 0 Å². The lowest BCUT2D eigenvalue weighted by atomic mass is 10.2. The quantitative estimate of drug-likeness (QED) is 0.657. The van der Waals surface area contributed by atoms with E-state index >= 15 is 0 Å². The second-order valence-electron chi connectivity index (χ2n) is 5.32. The number of benzene rings is 2. The minimum atomic E-state index is -0.998. The molecule has 3 aromatic rings. The van der Waals surface area contributed by atoms with E-state index in [1.807, 2.05) is 6.92 Å². The van der Waals surface area contributed by atoms with Crippen LogP contribution in [-0.2, 0) is 11.3 Å². The molecule has 0 spiro atoms. The number of thiazole rings is 1. The molecule has 0 N–H and O–H groups in total. The zero-order valence-electron chi connectivity index (χ0n) is 14.0. The largest absolute Gasteiger partial charge is 0.465 e. The Morgan fingerprint density at radius 3 is 2.50 bits per heavy atom. The molecule has 8 heteroatoms. The molecule has 0 saturated carbocycles. The summed E-state index contributed by atoms with van der Waals surface area (Å²) in [6.07, 6.45) is 0. The summed E-state index contributed by atoms with van der Waals surface area (Å²) in [7, 11) is 1.29. The normalized spacial score (nSPS) is 11.8.